The Kier molecular flexibility index (Phi) is 9.83. The first-order valence-corrected chi connectivity index (χ1v) is 17.1. The quantitative estimate of drug-likeness (QED) is 0.0565. The van der Waals surface area contributed by atoms with Gasteiger partial charge >= 0.3 is 0 Å². The predicted molar refractivity (Wildman–Crippen MR) is 162 cm³/mol. The third-order valence-electron chi connectivity index (χ3n) is 6.08. The molecule has 2 atom stereocenters. The van der Waals surface area contributed by atoms with Gasteiger partial charge in [-0.1, -0.05) is 0 Å². The van der Waals surface area contributed by atoms with Gasteiger partial charge in [0.25, 0.3) is 20.2 Å². The Bertz CT molecular complexity index is 2210. The topological polar surface area (TPSA) is 297 Å². The Morgan fingerprint density at radius 3 is 1.78 bits per heavy atom. The first kappa shape index (κ1) is 34.5. The number of aromatic hydroxyl groups is 1. The van der Waals surface area contributed by atoms with E-state index in [1.807, 2.05) is 0 Å². The van der Waals surface area contributed by atoms with E-state index in [-0.39, 0.29) is 32.7 Å². The van der Waals surface area contributed by atoms with Crippen LogP contribution < -0.4 is 15.2 Å². The minimum Gasteiger partial charge on any atom is -0.505 e. The number of hydrogen-bond donors (Lipinski definition) is 6. The second kappa shape index (κ2) is 13.1. The van der Waals surface area contributed by atoms with Crippen molar-refractivity contribution in [2.75, 3.05) is 20.0 Å². The summed E-state index contributed by atoms with van der Waals surface area (Å²) in [5.74, 6) is -1.29. The summed E-state index contributed by atoms with van der Waals surface area (Å²) >= 11 is -4.80. The molecule has 22 heteroatoms. The number of nitrogen functional groups attached to an aromatic ring is 1. The van der Waals surface area contributed by atoms with Gasteiger partial charge in [0.2, 0.25) is 0 Å². The van der Waals surface area contributed by atoms with E-state index in [1.54, 1.807) is 0 Å². The molecule has 0 aliphatic heterocycles. The van der Waals surface area contributed by atoms with Crippen LogP contribution in [0.25, 0.3) is 10.8 Å². The summed E-state index contributed by atoms with van der Waals surface area (Å²) in [6.07, 6.45) is 0. The first-order chi connectivity index (χ1) is 21.5. The van der Waals surface area contributed by atoms with Gasteiger partial charge in [0.1, 0.15) is 43.2 Å². The second-order valence-electron chi connectivity index (χ2n) is 8.82. The number of nitrogens with two attached hydrogens (primary N) is 1. The molecule has 0 heterocycles. The van der Waals surface area contributed by atoms with Crippen LogP contribution in [0.15, 0.2) is 88.6 Å². The molecule has 46 heavy (non-hydrogen) atoms. The number of nitrogens with zero attached hydrogens (tertiary/aromatic N) is 4. The third kappa shape index (κ3) is 7.02. The Balaban J connectivity index is 2.00. The molecule has 4 rings (SSSR count). The summed E-state index contributed by atoms with van der Waals surface area (Å²) in [6.45, 7) is 0. The van der Waals surface area contributed by atoms with E-state index in [4.69, 9.17) is 15.2 Å². The second-order valence-corrected chi connectivity index (χ2v) is 13.5. The normalized spacial score (nSPS) is 13.8. The number of rotatable bonds is 10. The largest absolute Gasteiger partial charge is 0.505 e. The molecule has 0 spiro atoms. The number of hydrogen-bond acceptors (Lipinski definition) is 14. The standard InChI is InChI=1S/C24H21N5O13S4/c1-41-15-10-17(44(33)34)16(42-2)9-14(15)27-29-23-19(46(38,39)40)8-11-7-18(45(35,36)37)22(21(25)20(11)24(23)30)28-26-12-3-5-13(6-4-12)43(31)32/h3-10,30H,25H2,1-2H3,(H,31,32)(H,33,34)(H,35,36,37)(H,38,39,40). The number of ether oxygens (including phenoxy) is 2. The number of anilines is 1. The summed E-state index contributed by atoms with van der Waals surface area (Å²) in [6, 6.07) is 8.62. The molecular weight excluding hydrogens is 695 g/mol. The summed E-state index contributed by atoms with van der Waals surface area (Å²) in [4.78, 5) is -2.19. The number of methoxy groups -OCH3 is 2. The first-order valence-electron chi connectivity index (χ1n) is 12.0. The fourth-order valence-corrected chi connectivity index (χ4v) is 6.23. The zero-order valence-corrected chi connectivity index (χ0v) is 26.4. The van der Waals surface area contributed by atoms with Crippen molar-refractivity contribution in [2.24, 2.45) is 20.5 Å². The maximum atomic E-state index is 12.3. The minimum absolute atomic E-state index is 0.0272. The molecule has 0 bridgehead atoms. The molecule has 4 aromatic rings. The average Bonchev–Trinajstić information content (AvgIpc) is 2.98. The van der Waals surface area contributed by atoms with E-state index in [9.17, 15) is 48.6 Å². The van der Waals surface area contributed by atoms with Gasteiger partial charge in [-0.05, 0) is 41.8 Å². The van der Waals surface area contributed by atoms with E-state index in [2.05, 4.69) is 20.5 Å². The fraction of sp³-hybridized carbons (Fsp3) is 0.0833. The molecule has 0 aliphatic carbocycles. The lowest BCUT2D eigenvalue weighted by Crippen LogP contribution is -2.03. The summed E-state index contributed by atoms with van der Waals surface area (Å²) in [5.41, 5.74) is 3.83. The molecule has 0 aliphatic rings. The van der Waals surface area contributed by atoms with E-state index >= 15 is 0 Å². The van der Waals surface area contributed by atoms with Gasteiger partial charge in [-0.25, -0.2) is 8.42 Å². The highest BCUT2D eigenvalue weighted by Gasteiger charge is 2.28. The summed E-state index contributed by atoms with van der Waals surface area (Å²) in [7, 11) is -7.94. The highest BCUT2D eigenvalue weighted by molar-refractivity contribution is 7.86. The Morgan fingerprint density at radius 1 is 0.739 bits per heavy atom. The lowest BCUT2D eigenvalue weighted by atomic mass is 10.1. The summed E-state index contributed by atoms with van der Waals surface area (Å²) in [5, 5.41) is 25.6. The smallest absolute Gasteiger partial charge is 0.296 e. The van der Waals surface area contributed by atoms with Crippen LogP contribution >= 0.6 is 0 Å². The van der Waals surface area contributed by atoms with E-state index in [0.717, 1.165) is 12.1 Å². The maximum Gasteiger partial charge on any atom is 0.296 e. The molecule has 0 radical (unpaired) electrons. The average molecular weight is 716 g/mol. The van der Waals surface area contributed by atoms with E-state index < -0.39 is 85.8 Å². The lowest BCUT2D eigenvalue weighted by Gasteiger charge is -2.14. The van der Waals surface area contributed by atoms with Gasteiger partial charge in [0.05, 0.1) is 35.9 Å². The molecule has 4 aromatic carbocycles. The molecule has 2 unspecified atom stereocenters. The van der Waals surface area contributed by atoms with Crippen molar-refractivity contribution in [1.82, 2.24) is 0 Å². The van der Waals surface area contributed by atoms with Gasteiger partial charge in [0, 0.05) is 12.1 Å². The zero-order valence-electron chi connectivity index (χ0n) is 23.1. The van der Waals surface area contributed by atoms with Gasteiger partial charge < -0.3 is 29.4 Å². The SMILES string of the molecule is COc1cc(S(=O)O)c(OC)cc1N=Nc1c(S(=O)(=O)O)cc2cc(S(=O)(=O)O)c(N=Nc3ccc(S(=O)O)cc3)c(N)c2c1O. The van der Waals surface area contributed by atoms with Gasteiger partial charge in [-0.2, -0.15) is 21.9 Å². The Labute approximate surface area is 264 Å². The van der Waals surface area contributed by atoms with Crippen LogP contribution in [0.3, 0.4) is 0 Å². The summed E-state index contributed by atoms with van der Waals surface area (Å²) < 4.78 is 121. The molecule has 244 valence electrons. The number of phenols is 1. The van der Waals surface area contributed by atoms with Crippen LogP contribution in [0.5, 0.6) is 17.2 Å². The molecule has 0 saturated heterocycles. The van der Waals surface area contributed by atoms with Crippen LogP contribution in [-0.4, -0.2) is 62.8 Å². The van der Waals surface area contributed by atoms with Gasteiger partial charge in [-0.3, -0.25) is 9.11 Å². The Morgan fingerprint density at radius 2 is 1.28 bits per heavy atom. The Hall–Kier alpha value is -4.42. The van der Waals surface area contributed by atoms with Crippen LogP contribution in [0, 0.1) is 0 Å². The molecule has 0 aromatic heterocycles. The van der Waals surface area contributed by atoms with Gasteiger partial charge in [-0.15, -0.1) is 15.3 Å². The molecule has 0 fully saturated rings. The van der Waals surface area contributed by atoms with Crippen molar-refractivity contribution in [3.8, 4) is 17.2 Å². The van der Waals surface area contributed by atoms with Crippen molar-refractivity contribution in [1.29, 1.82) is 0 Å². The van der Waals surface area contributed by atoms with Gasteiger partial charge in [0.15, 0.2) is 27.9 Å². The van der Waals surface area contributed by atoms with Crippen molar-refractivity contribution in [3.63, 3.8) is 0 Å². The number of phenolic OH excluding ortho intramolecular Hbond substituents is 1. The molecule has 0 saturated carbocycles. The van der Waals surface area contributed by atoms with Crippen molar-refractivity contribution in [3.05, 3.63) is 48.5 Å². The highest BCUT2D eigenvalue weighted by Crippen LogP contribution is 2.49. The van der Waals surface area contributed by atoms with Crippen molar-refractivity contribution in [2.45, 2.75) is 19.6 Å². The molecular formula is C24H21N5O13S4. The van der Waals surface area contributed by atoms with Crippen LogP contribution in [0.4, 0.5) is 28.4 Å². The van der Waals surface area contributed by atoms with Crippen LogP contribution in [-0.2, 0) is 42.4 Å². The maximum absolute atomic E-state index is 12.3. The number of azo groups is 2. The van der Waals surface area contributed by atoms with Crippen LogP contribution in [0.1, 0.15) is 0 Å². The molecule has 7 N–H and O–H groups in total. The minimum atomic E-state index is -5.20. The molecule has 0 amide bonds. The van der Waals surface area contributed by atoms with E-state index in [1.165, 1.54) is 38.5 Å². The third-order valence-corrected chi connectivity index (χ3v) is 9.19. The van der Waals surface area contributed by atoms with Crippen molar-refractivity contribution < 1.29 is 58.0 Å². The number of benzene rings is 4. The highest BCUT2D eigenvalue weighted by atomic mass is 32.2. The number of fused-ring (bicyclic) bond motifs is 1. The van der Waals surface area contributed by atoms with E-state index in [0.29, 0.717) is 12.1 Å². The monoisotopic (exact) mass is 715 g/mol. The predicted octanol–water partition coefficient (Wildman–Crippen LogP) is 4.63. The van der Waals surface area contributed by atoms with Crippen LogP contribution in [0.2, 0.25) is 0 Å². The fourth-order valence-electron chi connectivity index (χ4n) is 4.01. The molecule has 18 nitrogen and oxygen atoms in total. The lowest BCUT2D eigenvalue weighted by molar-refractivity contribution is 0.392. The van der Waals surface area contributed by atoms with Crippen molar-refractivity contribution >= 4 is 81.6 Å². The zero-order chi connectivity index (χ0) is 34.1.